The number of hydrogen-bond acceptors (Lipinski definition) is 7. The lowest BCUT2D eigenvalue weighted by molar-refractivity contribution is 0.103. The van der Waals surface area contributed by atoms with Crippen LogP contribution in [-0.2, 0) is 13.7 Å². The van der Waals surface area contributed by atoms with Crippen LogP contribution < -0.4 is 15.6 Å². The standard InChI is InChI=1S/C24H23N5O3S/c1-14-15(2)28-29(4)24(31)20(14)23-26-16(3)21(33-23)22(30)27-18-8-5-9-19(11-18)32-13-17-7-6-10-25-12-17/h5-12H,13H2,1-4H3,(H,27,30). The molecule has 8 nitrogen and oxygen atoms in total. The fourth-order valence-corrected chi connectivity index (χ4v) is 4.37. The van der Waals surface area contributed by atoms with Crippen molar-refractivity contribution in [3.05, 3.63) is 86.5 Å². The normalized spacial score (nSPS) is 10.8. The van der Waals surface area contributed by atoms with E-state index in [1.807, 2.05) is 38.1 Å². The third-order valence-corrected chi connectivity index (χ3v) is 6.34. The number of hydrogen-bond donors (Lipinski definition) is 1. The first-order valence-electron chi connectivity index (χ1n) is 10.3. The Morgan fingerprint density at radius 2 is 1.97 bits per heavy atom. The fraction of sp³-hybridized carbons (Fsp3) is 0.208. The van der Waals surface area contributed by atoms with Crippen molar-refractivity contribution in [2.24, 2.45) is 7.05 Å². The quantitative estimate of drug-likeness (QED) is 0.465. The summed E-state index contributed by atoms with van der Waals surface area (Å²) in [6.07, 6.45) is 3.45. The lowest BCUT2D eigenvalue weighted by Crippen LogP contribution is -2.23. The third-order valence-electron chi connectivity index (χ3n) is 5.16. The summed E-state index contributed by atoms with van der Waals surface area (Å²) < 4.78 is 7.11. The molecule has 0 aliphatic rings. The summed E-state index contributed by atoms with van der Waals surface area (Å²) >= 11 is 1.19. The molecule has 4 aromatic rings. The maximum absolute atomic E-state index is 13.0. The highest BCUT2D eigenvalue weighted by molar-refractivity contribution is 7.17. The van der Waals surface area contributed by atoms with Crippen LogP contribution >= 0.6 is 11.3 Å². The van der Waals surface area contributed by atoms with Crippen LogP contribution in [0.5, 0.6) is 5.75 Å². The van der Waals surface area contributed by atoms with E-state index >= 15 is 0 Å². The predicted molar refractivity (Wildman–Crippen MR) is 128 cm³/mol. The maximum Gasteiger partial charge on any atom is 0.277 e. The van der Waals surface area contributed by atoms with Gasteiger partial charge in [-0.05, 0) is 44.5 Å². The van der Waals surface area contributed by atoms with Gasteiger partial charge in [0, 0.05) is 36.8 Å². The fourth-order valence-electron chi connectivity index (χ4n) is 3.32. The molecular formula is C24H23N5O3S. The van der Waals surface area contributed by atoms with Gasteiger partial charge in [0.2, 0.25) is 0 Å². The first-order valence-corrected chi connectivity index (χ1v) is 11.1. The molecule has 1 amide bonds. The Morgan fingerprint density at radius 3 is 2.73 bits per heavy atom. The van der Waals surface area contributed by atoms with Gasteiger partial charge in [0.1, 0.15) is 22.2 Å². The number of benzene rings is 1. The molecule has 0 unspecified atom stereocenters. The van der Waals surface area contributed by atoms with Gasteiger partial charge in [0.25, 0.3) is 11.5 Å². The van der Waals surface area contributed by atoms with Gasteiger partial charge in [-0.25, -0.2) is 9.67 Å². The van der Waals surface area contributed by atoms with Gasteiger partial charge in [0.05, 0.1) is 17.0 Å². The molecule has 9 heteroatoms. The number of pyridine rings is 1. The van der Waals surface area contributed by atoms with E-state index in [1.54, 1.807) is 38.5 Å². The minimum absolute atomic E-state index is 0.239. The molecule has 0 spiro atoms. The number of carbonyl (C=O) groups excluding carboxylic acids is 1. The summed E-state index contributed by atoms with van der Waals surface area (Å²) in [6.45, 7) is 5.82. The number of rotatable bonds is 6. The van der Waals surface area contributed by atoms with E-state index in [0.29, 0.717) is 39.2 Å². The van der Waals surface area contributed by atoms with Gasteiger partial charge in [-0.15, -0.1) is 11.3 Å². The lowest BCUT2D eigenvalue weighted by Gasteiger charge is -2.09. The molecule has 0 aliphatic heterocycles. The first-order chi connectivity index (χ1) is 15.8. The zero-order valence-corrected chi connectivity index (χ0v) is 19.6. The van der Waals surface area contributed by atoms with E-state index in [1.165, 1.54) is 16.0 Å². The predicted octanol–water partition coefficient (Wildman–Crippen LogP) is 4.06. The van der Waals surface area contributed by atoms with Crippen LogP contribution in [-0.4, -0.2) is 25.7 Å². The number of ether oxygens (including phenoxy) is 1. The molecule has 1 aromatic carbocycles. The second kappa shape index (κ2) is 9.33. The maximum atomic E-state index is 13.0. The van der Waals surface area contributed by atoms with Gasteiger partial charge in [0.15, 0.2) is 0 Å². The molecule has 4 rings (SSSR count). The number of aromatic nitrogens is 4. The molecule has 1 N–H and O–H groups in total. The van der Waals surface area contributed by atoms with Gasteiger partial charge < -0.3 is 10.1 Å². The Balaban J connectivity index is 1.54. The largest absolute Gasteiger partial charge is 0.489 e. The smallest absolute Gasteiger partial charge is 0.277 e. The van der Waals surface area contributed by atoms with E-state index < -0.39 is 0 Å². The first kappa shape index (κ1) is 22.3. The summed E-state index contributed by atoms with van der Waals surface area (Å²) in [4.78, 5) is 34.7. The Labute approximate surface area is 194 Å². The number of thiazole rings is 1. The molecule has 33 heavy (non-hydrogen) atoms. The van der Waals surface area contributed by atoms with Crippen molar-refractivity contribution in [1.82, 2.24) is 19.7 Å². The SMILES string of the molecule is Cc1nc(-c2c(C)c(C)nn(C)c2=O)sc1C(=O)Nc1cccc(OCc2cccnc2)c1. The number of aryl methyl sites for hydroxylation is 3. The molecule has 0 radical (unpaired) electrons. The second-order valence-electron chi connectivity index (χ2n) is 7.58. The number of carbonyl (C=O) groups is 1. The highest BCUT2D eigenvalue weighted by atomic mass is 32.1. The van der Waals surface area contributed by atoms with Gasteiger partial charge in [-0.1, -0.05) is 12.1 Å². The van der Waals surface area contributed by atoms with Crippen molar-refractivity contribution in [3.8, 4) is 16.3 Å². The highest BCUT2D eigenvalue weighted by Gasteiger charge is 2.21. The zero-order valence-electron chi connectivity index (χ0n) is 18.7. The number of anilines is 1. The lowest BCUT2D eigenvalue weighted by atomic mass is 10.1. The van der Waals surface area contributed by atoms with E-state index in [9.17, 15) is 9.59 Å². The summed E-state index contributed by atoms with van der Waals surface area (Å²) in [5.74, 6) is 0.339. The summed E-state index contributed by atoms with van der Waals surface area (Å²) in [5, 5.41) is 7.62. The molecule has 3 aromatic heterocycles. The number of amides is 1. The zero-order chi connectivity index (χ0) is 23.5. The van der Waals surface area contributed by atoms with Crippen LogP contribution in [0, 0.1) is 20.8 Å². The van der Waals surface area contributed by atoms with E-state index in [2.05, 4.69) is 20.4 Å². The van der Waals surface area contributed by atoms with Crippen molar-refractivity contribution in [2.75, 3.05) is 5.32 Å². The molecule has 0 fully saturated rings. The van der Waals surface area contributed by atoms with Crippen LogP contribution in [0.25, 0.3) is 10.6 Å². The molecule has 0 aliphatic carbocycles. The molecule has 0 bridgehead atoms. The minimum Gasteiger partial charge on any atom is -0.489 e. The molecular weight excluding hydrogens is 438 g/mol. The Morgan fingerprint density at radius 1 is 1.15 bits per heavy atom. The molecule has 0 saturated carbocycles. The van der Waals surface area contributed by atoms with E-state index in [-0.39, 0.29) is 11.5 Å². The molecule has 168 valence electrons. The second-order valence-corrected chi connectivity index (χ2v) is 8.58. The minimum atomic E-state index is -0.291. The van der Waals surface area contributed by atoms with Crippen molar-refractivity contribution in [2.45, 2.75) is 27.4 Å². The van der Waals surface area contributed by atoms with E-state index in [0.717, 1.165) is 16.8 Å². The van der Waals surface area contributed by atoms with Crippen molar-refractivity contribution >= 4 is 22.9 Å². The Kier molecular flexibility index (Phi) is 6.32. The van der Waals surface area contributed by atoms with Crippen molar-refractivity contribution in [3.63, 3.8) is 0 Å². The van der Waals surface area contributed by atoms with E-state index in [4.69, 9.17) is 4.74 Å². The average molecular weight is 462 g/mol. The number of nitrogens with one attached hydrogen (secondary N) is 1. The van der Waals surface area contributed by atoms with Crippen molar-refractivity contribution < 1.29 is 9.53 Å². The molecule has 0 saturated heterocycles. The summed E-state index contributed by atoms with van der Waals surface area (Å²) in [5.41, 5.74) is 3.86. The van der Waals surface area contributed by atoms with Crippen LogP contribution in [0.1, 0.15) is 32.2 Å². The Bertz CT molecular complexity index is 1380. The highest BCUT2D eigenvalue weighted by Crippen LogP contribution is 2.29. The number of nitrogens with zero attached hydrogens (tertiary/aromatic N) is 4. The van der Waals surface area contributed by atoms with Crippen LogP contribution in [0.2, 0.25) is 0 Å². The van der Waals surface area contributed by atoms with Gasteiger partial charge >= 0.3 is 0 Å². The van der Waals surface area contributed by atoms with Gasteiger partial charge in [-0.3, -0.25) is 14.6 Å². The van der Waals surface area contributed by atoms with Crippen LogP contribution in [0.4, 0.5) is 5.69 Å². The summed E-state index contributed by atoms with van der Waals surface area (Å²) in [6, 6.07) is 11.0. The summed E-state index contributed by atoms with van der Waals surface area (Å²) in [7, 11) is 1.61. The van der Waals surface area contributed by atoms with Gasteiger partial charge in [-0.2, -0.15) is 5.10 Å². The van der Waals surface area contributed by atoms with Crippen molar-refractivity contribution in [1.29, 1.82) is 0 Å². The Hall–Kier alpha value is -3.85. The molecule has 3 heterocycles. The van der Waals surface area contributed by atoms with Crippen LogP contribution in [0.15, 0.2) is 53.6 Å². The molecule has 0 atom stereocenters. The topological polar surface area (TPSA) is 99.0 Å². The third kappa shape index (κ3) is 4.83. The average Bonchev–Trinajstić information content (AvgIpc) is 3.19. The van der Waals surface area contributed by atoms with Crippen LogP contribution in [0.3, 0.4) is 0 Å². The monoisotopic (exact) mass is 461 g/mol.